The minimum absolute atomic E-state index is 0.164. The van der Waals surface area contributed by atoms with Gasteiger partial charge in [-0.25, -0.2) is 0 Å². The van der Waals surface area contributed by atoms with Gasteiger partial charge in [0, 0.05) is 0 Å². The van der Waals surface area contributed by atoms with Gasteiger partial charge in [0.25, 0.3) is 0 Å². The number of carbonyl (C=O) groups excluding carboxylic acids is 1. The molecule has 2 nitrogen and oxygen atoms in total. The van der Waals surface area contributed by atoms with E-state index < -0.39 is 0 Å². The molecule has 0 radical (unpaired) electrons. The van der Waals surface area contributed by atoms with Crippen molar-refractivity contribution in [2.45, 2.75) is 52.2 Å². The fourth-order valence-corrected chi connectivity index (χ4v) is 2.42. The Balaban J connectivity index is 2.97. The molecule has 0 fully saturated rings. The lowest BCUT2D eigenvalue weighted by molar-refractivity contribution is 0.101. The Morgan fingerprint density at radius 3 is 2.50 bits per heavy atom. The van der Waals surface area contributed by atoms with Crippen molar-refractivity contribution >= 4 is 17.5 Å². The maximum atomic E-state index is 12.4. The predicted octanol–water partition coefficient (Wildman–Crippen LogP) is 4.92. The molecule has 112 valence electrons. The molecule has 1 aromatic carbocycles. The van der Waals surface area contributed by atoms with Gasteiger partial charge in [0.2, 0.25) is 0 Å². The van der Waals surface area contributed by atoms with E-state index >= 15 is 0 Å². The zero-order valence-corrected chi connectivity index (χ0v) is 14.0. The Morgan fingerprint density at radius 1 is 1.25 bits per heavy atom. The van der Waals surface area contributed by atoms with Gasteiger partial charge in [-0.15, -0.1) is 0 Å². The normalized spacial score (nSPS) is 11.2. The Kier molecular flexibility index (Phi) is 7.14. The second-order valence-electron chi connectivity index (χ2n) is 5.54. The highest BCUT2D eigenvalue weighted by Gasteiger charge is 2.15. The van der Waals surface area contributed by atoms with Crippen molar-refractivity contribution in [1.29, 1.82) is 0 Å². The molecular weight excluding hydrogens is 268 g/mol. The smallest absolute Gasteiger partial charge is 0.176 e. The van der Waals surface area contributed by atoms with Gasteiger partial charge in [0.1, 0.15) is 5.75 Å². The first-order chi connectivity index (χ1) is 9.45. The summed E-state index contributed by atoms with van der Waals surface area (Å²) in [5, 5.41) is 0.465. The summed E-state index contributed by atoms with van der Waals surface area (Å²) in [7, 11) is 0. The number of rotatable bonds is 8. The largest absolute Gasteiger partial charge is 0.493 e. The van der Waals surface area contributed by atoms with Gasteiger partial charge < -0.3 is 4.74 Å². The van der Waals surface area contributed by atoms with Crippen LogP contribution in [-0.2, 0) is 0 Å². The second kappa shape index (κ2) is 8.35. The fourth-order valence-electron chi connectivity index (χ4n) is 1.78. The van der Waals surface area contributed by atoms with Gasteiger partial charge in [-0.1, -0.05) is 40.7 Å². The van der Waals surface area contributed by atoms with Crippen LogP contribution in [-0.4, -0.2) is 23.4 Å². The van der Waals surface area contributed by atoms with Crippen LogP contribution in [0.25, 0.3) is 0 Å². The van der Waals surface area contributed by atoms with E-state index in [-0.39, 0.29) is 5.78 Å². The minimum Gasteiger partial charge on any atom is -0.493 e. The number of benzene rings is 1. The van der Waals surface area contributed by atoms with E-state index in [1.54, 1.807) is 11.8 Å². The topological polar surface area (TPSA) is 26.3 Å². The van der Waals surface area contributed by atoms with Gasteiger partial charge in [-0.3, -0.25) is 4.79 Å². The number of thioether (sulfide) groups is 1. The first-order valence-corrected chi connectivity index (χ1v) is 8.42. The molecule has 0 unspecified atom stereocenters. The Bertz CT molecular complexity index is 439. The van der Waals surface area contributed by atoms with Gasteiger partial charge >= 0.3 is 0 Å². The van der Waals surface area contributed by atoms with Gasteiger partial charge in [-0.05, 0) is 35.3 Å². The molecule has 0 bridgehead atoms. The average Bonchev–Trinajstić information content (AvgIpc) is 2.42. The average molecular weight is 294 g/mol. The van der Waals surface area contributed by atoms with Crippen LogP contribution >= 0.6 is 11.8 Å². The van der Waals surface area contributed by atoms with E-state index in [2.05, 4.69) is 40.7 Å². The van der Waals surface area contributed by atoms with Crippen molar-refractivity contribution in [2.24, 2.45) is 0 Å². The number of Topliss-reactive ketones (excluding diaryl/α,β-unsaturated/α-hetero) is 1. The highest BCUT2D eigenvalue weighted by Crippen LogP contribution is 2.26. The van der Waals surface area contributed by atoms with Crippen molar-refractivity contribution in [3.8, 4) is 5.75 Å². The van der Waals surface area contributed by atoms with Crippen LogP contribution in [0.1, 0.15) is 62.9 Å². The summed E-state index contributed by atoms with van der Waals surface area (Å²) in [4.78, 5) is 12.4. The third-order valence-corrected chi connectivity index (χ3v) is 4.08. The standard InChI is InChI=1S/C17H26O2S/c1-6-9-19-17-8-7-14(12(2)3)10-15(17)16(18)11-20-13(4)5/h7-8,10,12-13H,6,9,11H2,1-5H3. The number of ether oxygens (including phenoxy) is 1. The Hall–Kier alpha value is -0.960. The van der Waals surface area contributed by atoms with E-state index in [9.17, 15) is 4.79 Å². The third kappa shape index (κ3) is 5.20. The molecule has 0 N–H and O–H groups in total. The zero-order valence-electron chi connectivity index (χ0n) is 13.2. The van der Waals surface area contributed by atoms with Crippen LogP contribution in [0.15, 0.2) is 18.2 Å². The highest BCUT2D eigenvalue weighted by molar-refractivity contribution is 8.00. The Labute approximate surface area is 127 Å². The molecule has 0 aliphatic carbocycles. The van der Waals surface area contributed by atoms with Gasteiger partial charge in [-0.2, -0.15) is 11.8 Å². The van der Waals surface area contributed by atoms with Crippen molar-refractivity contribution in [3.05, 3.63) is 29.3 Å². The monoisotopic (exact) mass is 294 g/mol. The van der Waals surface area contributed by atoms with Crippen molar-refractivity contribution in [1.82, 2.24) is 0 Å². The SMILES string of the molecule is CCCOc1ccc(C(C)C)cc1C(=O)CSC(C)C. The first-order valence-electron chi connectivity index (χ1n) is 7.37. The molecule has 1 aromatic rings. The van der Waals surface area contributed by atoms with E-state index in [0.717, 1.165) is 17.7 Å². The van der Waals surface area contributed by atoms with Gasteiger partial charge in [0.15, 0.2) is 5.78 Å². The highest BCUT2D eigenvalue weighted by atomic mass is 32.2. The lowest BCUT2D eigenvalue weighted by atomic mass is 9.99. The fraction of sp³-hybridized carbons (Fsp3) is 0.588. The van der Waals surface area contributed by atoms with Crippen LogP contribution < -0.4 is 4.74 Å². The van der Waals surface area contributed by atoms with Crippen LogP contribution in [0.2, 0.25) is 0 Å². The molecule has 0 amide bonds. The molecular formula is C17H26O2S. The zero-order chi connectivity index (χ0) is 15.1. The van der Waals surface area contributed by atoms with Crippen molar-refractivity contribution in [3.63, 3.8) is 0 Å². The summed E-state index contributed by atoms with van der Waals surface area (Å²) in [6.07, 6.45) is 0.945. The molecule has 0 saturated heterocycles. The molecule has 0 heterocycles. The minimum atomic E-state index is 0.164. The van der Waals surface area contributed by atoms with Crippen LogP contribution in [0.3, 0.4) is 0 Å². The van der Waals surface area contributed by atoms with Crippen LogP contribution in [0.5, 0.6) is 5.75 Å². The lowest BCUT2D eigenvalue weighted by Crippen LogP contribution is -2.09. The van der Waals surface area contributed by atoms with Crippen LogP contribution in [0.4, 0.5) is 0 Å². The maximum absolute atomic E-state index is 12.4. The molecule has 1 rings (SSSR count). The molecule has 0 aliphatic heterocycles. The lowest BCUT2D eigenvalue weighted by Gasteiger charge is -2.14. The number of ketones is 1. The molecule has 0 atom stereocenters. The Morgan fingerprint density at radius 2 is 1.95 bits per heavy atom. The van der Waals surface area contributed by atoms with E-state index in [4.69, 9.17) is 4.74 Å². The van der Waals surface area contributed by atoms with Gasteiger partial charge in [0.05, 0.1) is 17.9 Å². The molecule has 20 heavy (non-hydrogen) atoms. The van der Waals surface area contributed by atoms with Crippen molar-refractivity contribution in [2.75, 3.05) is 12.4 Å². The number of hydrogen-bond acceptors (Lipinski definition) is 3. The van der Waals surface area contributed by atoms with E-state index in [0.29, 0.717) is 23.5 Å². The number of hydrogen-bond donors (Lipinski definition) is 0. The van der Waals surface area contributed by atoms with Crippen LogP contribution in [0, 0.1) is 0 Å². The van der Waals surface area contributed by atoms with E-state index in [1.807, 2.05) is 12.1 Å². The molecule has 0 aromatic heterocycles. The van der Waals surface area contributed by atoms with E-state index in [1.165, 1.54) is 5.56 Å². The van der Waals surface area contributed by atoms with Crippen molar-refractivity contribution < 1.29 is 9.53 Å². The summed E-state index contributed by atoms with van der Waals surface area (Å²) < 4.78 is 5.72. The molecule has 0 aliphatic rings. The maximum Gasteiger partial charge on any atom is 0.176 e. The number of carbonyl (C=O) groups is 1. The summed E-state index contributed by atoms with van der Waals surface area (Å²) in [6, 6.07) is 6.00. The first kappa shape index (κ1) is 17.1. The molecule has 0 saturated carbocycles. The predicted molar refractivity (Wildman–Crippen MR) is 88.2 cm³/mol. The second-order valence-corrected chi connectivity index (χ2v) is 7.11. The summed E-state index contributed by atoms with van der Waals surface area (Å²) >= 11 is 1.68. The summed E-state index contributed by atoms with van der Waals surface area (Å²) in [5.74, 6) is 1.82. The third-order valence-electron chi connectivity index (χ3n) is 2.98. The summed E-state index contributed by atoms with van der Waals surface area (Å²) in [5.41, 5.74) is 1.92. The summed E-state index contributed by atoms with van der Waals surface area (Å²) in [6.45, 7) is 11.2. The quantitative estimate of drug-likeness (QED) is 0.636. The molecule has 0 spiro atoms. The molecule has 3 heteroatoms.